The van der Waals surface area contributed by atoms with E-state index in [1.54, 1.807) is 24.3 Å². The summed E-state index contributed by atoms with van der Waals surface area (Å²) >= 11 is 0. The summed E-state index contributed by atoms with van der Waals surface area (Å²) in [6.45, 7) is 2.96. The molecule has 5 heteroatoms. The van der Waals surface area contributed by atoms with Gasteiger partial charge in [-0.1, -0.05) is 89.7 Å². The molecule has 0 bridgehead atoms. The predicted octanol–water partition coefficient (Wildman–Crippen LogP) is 6.44. The van der Waals surface area contributed by atoms with Crippen LogP contribution in [-0.2, 0) is 10.7 Å². The van der Waals surface area contributed by atoms with E-state index in [-0.39, 0.29) is 6.16 Å². The minimum absolute atomic E-state index is 0.216. The number of unbranched alkanes of at least 4 members (excludes halogenated alkanes) is 11. The molecule has 0 fully saturated rings. The van der Waals surface area contributed by atoms with Crippen molar-refractivity contribution >= 4 is 7.60 Å². The van der Waals surface area contributed by atoms with Crippen molar-refractivity contribution in [1.82, 2.24) is 0 Å². The van der Waals surface area contributed by atoms with Gasteiger partial charge in [0.1, 0.15) is 5.75 Å². The van der Waals surface area contributed by atoms with E-state index in [1.807, 2.05) is 0 Å². The Hall–Kier alpha value is -0.830. The van der Waals surface area contributed by atoms with E-state index in [0.717, 1.165) is 12.2 Å². The minimum Gasteiger partial charge on any atom is -0.494 e. The van der Waals surface area contributed by atoms with Gasteiger partial charge in [-0.05, 0) is 24.1 Å². The summed E-state index contributed by atoms with van der Waals surface area (Å²) in [6, 6.07) is 7.00. The summed E-state index contributed by atoms with van der Waals surface area (Å²) in [5.74, 6) is 0.766. The largest absolute Gasteiger partial charge is 0.494 e. The fraction of sp³-hybridized carbons (Fsp3) is 0.714. The molecule has 0 radical (unpaired) electrons. The van der Waals surface area contributed by atoms with Crippen molar-refractivity contribution in [3.63, 3.8) is 0 Å². The van der Waals surface area contributed by atoms with Crippen molar-refractivity contribution in [1.29, 1.82) is 0 Å². The molecule has 26 heavy (non-hydrogen) atoms. The van der Waals surface area contributed by atoms with Gasteiger partial charge in [-0.3, -0.25) is 4.57 Å². The highest BCUT2D eigenvalue weighted by atomic mass is 31.2. The molecule has 4 nitrogen and oxygen atoms in total. The number of benzene rings is 1. The van der Waals surface area contributed by atoms with E-state index >= 15 is 0 Å². The summed E-state index contributed by atoms with van der Waals surface area (Å²) in [4.78, 5) is 17.9. The van der Waals surface area contributed by atoms with E-state index < -0.39 is 7.60 Å². The first-order valence-corrected chi connectivity index (χ1v) is 12.1. The fourth-order valence-corrected chi connectivity index (χ4v) is 3.75. The van der Waals surface area contributed by atoms with Crippen LogP contribution >= 0.6 is 7.60 Å². The highest BCUT2D eigenvalue weighted by Crippen LogP contribution is 2.39. The summed E-state index contributed by atoms with van der Waals surface area (Å²) in [5, 5.41) is 0. The molecule has 0 heterocycles. The van der Waals surface area contributed by atoms with Crippen molar-refractivity contribution in [3.8, 4) is 5.75 Å². The minimum atomic E-state index is -3.99. The van der Waals surface area contributed by atoms with Crippen LogP contribution in [-0.4, -0.2) is 16.4 Å². The van der Waals surface area contributed by atoms with Gasteiger partial charge in [0, 0.05) is 0 Å². The highest BCUT2D eigenvalue weighted by Gasteiger charge is 2.13. The Kier molecular flexibility index (Phi) is 12.7. The Morgan fingerprint density at radius 1 is 0.769 bits per heavy atom. The van der Waals surface area contributed by atoms with Crippen LogP contribution in [0.1, 0.15) is 89.5 Å². The Labute approximate surface area is 159 Å². The fourth-order valence-electron chi connectivity index (χ4n) is 3.06. The molecule has 0 aliphatic rings. The highest BCUT2D eigenvalue weighted by molar-refractivity contribution is 7.50. The lowest BCUT2D eigenvalue weighted by molar-refractivity contribution is 0.304. The quantitative estimate of drug-likeness (QED) is 0.254. The Morgan fingerprint density at radius 2 is 1.23 bits per heavy atom. The Morgan fingerprint density at radius 3 is 1.69 bits per heavy atom. The van der Waals surface area contributed by atoms with Gasteiger partial charge in [0.05, 0.1) is 12.8 Å². The second-order valence-corrected chi connectivity index (χ2v) is 8.85. The smallest absolute Gasteiger partial charge is 0.329 e. The average molecular weight is 384 g/mol. The van der Waals surface area contributed by atoms with Crippen LogP contribution in [0.3, 0.4) is 0 Å². The van der Waals surface area contributed by atoms with Crippen LogP contribution in [0, 0.1) is 0 Å². The van der Waals surface area contributed by atoms with Crippen molar-refractivity contribution in [2.45, 2.75) is 90.1 Å². The van der Waals surface area contributed by atoms with E-state index in [0.29, 0.717) is 12.2 Å². The van der Waals surface area contributed by atoms with Gasteiger partial charge in [-0.15, -0.1) is 0 Å². The van der Waals surface area contributed by atoms with Gasteiger partial charge < -0.3 is 14.5 Å². The van der Waals surface area contributed by atoms with Crippen LogP contribution < -0.4 is 4.74 Å². The topological polar surface area (TPSA) is 66.8 Å². The normalized spacial score (nSPS) is 11.7. The van der Waals surface area contributed by atoms with E-state index in [9.17, 15) is 4.57 Å². The van der Waals surface area contributed by atoms with Crippen LogP contribution in [0.5, 0.6) is 5.75 Å². The number of rotatable bonds is 16. The van der Waals surface area contributed by atoms with Gasteiger partial charge in [-0.25, -0.2) is 0 Å². The maximum absolute atomic E-state index is 11.0. The lowest BCUT2D eigenvalue weighted by Crippen LogP contribution is -1.97. The third-order valence-electron chi connectivity index (χ3n) is 4.58. The van der Waals surface area contributed by atoms with E-state index in [1.165, 1.54) is 70.6 Å². The van der Waals surface area contributed by atoms with Gasteiger partial charge >= 0.3 is 7.60 Å². The number of ether oxygens (including phenoxy) is 1. The molecular weight excluding hydrogens is 347 g/mol. The molecule has 0 unspecified atom stereocenters. The molecule has 0 aromatic heterocycles. The maximum atomic E-state index is 11.0. The van der Waals surface area contributed by atoms with Gasteiger partial charge in [-0.2, -0.15) is 0 Å². The summed E-state index contributed by atoms with van der Waals surface area (Å²) in [7, 11) is -3.99. The van der Waals surface area contributed by atoms with Crippen molar-refractivity contribution in [3.05, 3.63) is 29.8 Å². The first-order chi connectivity index (χ1) is 12.5. The molecule has 150 valence electrons. The Balaban J connectivity index is 1.93. The van der Waals surface area contributed by atoms with E-state index in [2.05, 4.69) is 6.92 Å². The maximum Gasteiger partial charge on any atom is 0.329 e. The van der Waals surface area contributed by atoms with Gasteiger partial charge in [0.15, 0.2) is 0 Å². The van der Waals surface area contributed by atoms with Gasteiger partial charge in [0.25, 0.3) is 0 Å². The van der Waals surface area contributed by atoms with Crippen molar-refractivity contribution < 1.29 is 19.1 Å². The van der Waals surface area contributed by atoms with E-state index in [4.69, 9.17) is 14.5 Å². The molecule has 1 aromatic carbocycles. The lowest BCUT2D eigenvalue weighted by atomic mass is 10.1. The lowest BCUT2D eigenvalue weighted by Gasteiger charge is -2.08. The number of hydrogen-bond acceptors (Lipinski definition) is 2. The molecule has 0 aliphatic carbocycles. The Bertz CT molecular complexity index is 495. The zero-order valence-corrected chi connectivity index (χ0v) is 17.3. The number of hydrogen-bond donors (Lipinski definition) is 2. The van der Waals surface area contributed by atoms with Gasteiger partial charge in [0.2, 0.25) is 0 Å². The third kappa shape index (κ3) is 13.4. The van der Waals surface area contributed by atoms with Crippen LogP contribution in [0.2, 0.25) is 0 Å². The molecule has 0 atom stereocenters. The standard InChI is InChI=1S/C21H37O4P/c1-2-3-4-5-6-7-8-9-10-11-12-13-18-25-21-16-14-20(15-17-21)19-26(22,23)24/h14-17H,2-13,18-19H2,1H3,(H2,22,23,24). The van der Waals surface area contributed by atoms with Crippen molar-refractivity contribution in [2.75, 3.05) is 6.61 Å². The summed E-state index contributed by atoms with van der Waals surface area (Å²) in [6.07, 6.45) is 15.7. The van der Waals surface area contributed by atoms with Crippen LogP contribution in [0.25, 0.3) is 0 Å². The SMILES string of the molecule is CCCCCCCCCCCCCCOc1ccc(CP(=O)(O)O)cc1. The molecular formula is C21H37O4P. The zero-order valence-electron chi connectivity index (χ0n) is 16.4. The predicted molar refractivity (Wildman–Crippen MR) is 109 cm³/mol. The third-order valence-corrected chi connectivity index (χ3v) is 5.36. The average Bonchev–Trinajstić information content (AvgIpc) is 2.59. The molecule has 1 aromatic rings. The van der Waals surface area contributed by atoms with Crippen molar-refractivity contribution in [2.24, 2.45) is 0 Å². The summed E-state index contributed by atoms with van der Waals surface area (Å²) in [5.41, 5.74) is 0.635. The molecule has 0 aliphatic heterocycles. The second kappa shape index (κ2) is 14.3. The zero-order chi connectivity index (χ0) is 19.1. The monoisotopic (exact) mass is 384 g/mol. The molecule has 0 spiro atoms. The first-order valence-electron chi connectivity index (χ1n) is 10.3. The second-order valence-electron chi connectivity index (χ2n) is 7.20. The molecule has 1 rings (SSSR count). The molecule has 0 saturated heterocycles. The van der Waals surface area contributed by atoms with Crippen LogP contribution in [0.4, 0.5) is 0 Å². The molecule has 0 amide bonds. The first kappa shape index (κ1) is 23.2. The summed E-state index contributed by atoms with van der Waals surface area (Å²) < 4.78 is 16.6. The molecule has 2 N–H and O–H groups in total. The van der Waals surface area contributed by atoms with Crippen LogP contribution in [0.15, 0.2) is 24.3 Å². The molecule has 0 saturated carbocycles.